The van der Waals surface area contributed by atoms with Gasteiger partial charge in [-0.15, -0.1) is 24.0 Å². The van der Waals surface area contributed by atoms with Crippen LogP contribution in [0.5, 0.6) is 0 Å². The monoisotopic (exact) mass is 490 g/mol. The van der Waals surface area contributed by atoms with Gasteiger partial charge in [-0.05, 0) is 32.9 Å². The number of morpholine rings is 1. The predicted octanol–water partition coefficient (Wildman–Crippen LogP) is 3.28. The average molecular weight is 490 g/mol. The van der Waals surface area contributed by atoms with Crippen molar-refractivity contribution in [2.24, 2.45) is 10.4 Å². The molecule has 154 valence electrons. The molecular weight excluding hydrogens is 455 g/mol. The van der Waals surface area contributed by atoms with Gasteiger partial charge in [0.15, 0.2) is 5.96 Å². The van der Waals surface area contributed by atoms with Crippen molar-refractivity contribution in [3.63, 3.8) is 0 Å². The molecule has 6 nitrogen and oxygen atoms in total. The zero-order valence-electron chi connectivity index (χ0n) is 17.5. The largest absolute Gasteiger partial charge is 0.465 e. The lowest BCUT2D eigenvalue weighted by molar-refractivity contribution is -0.0671. The standard InChI is InChI=1S/C20H34N4O2.HI/c1-15-7-8-17(26-15)16(23-9-11-25-12-10-23)13-22-18(21-6)24-14-19(2,3)20(24,4)5;/h7-8,16H,9-14H2,1-6H3,(H,21,22);1H. The lowest BCUT2D eigenvalue weighted by Gasteiger charge is -2.62. The molecule has 27 heavy (non-hydrogen) atoms. The molecule has 1 N–H and O–H groups in total. The van der Waals surface area contributed by atoms with Crippen LogP contribution in [0.2, 0.25) is 0 Å². The third-order valence-corrected chi connectivity index (χ3v) is 6.38. The van der Waals surface area contributed by atoms with E-state index in [1.165, 1.54) is 0 Å². The van der Waals surface area contributed by atoms with Crippen LogP contribution in [0.25, 0.3) is 0 Å². The van der Waals surface area contributed by atoms with E-state index in [-0.39, 0.29) is 41.0 Å². The average Bonchev–Trinajstić information content (AvgIpc) is 3.04. The van der Waals surface area contributed by atoms with Gasteiger partial charge in [-0.25, -0.2) is 0 Å². The molecule has 0 bridgehead atoms. The lowest BCUT2D eigenvalue weighted by Crippen LogP contribution is -2.72. The van der Waals surface area contributed by atoms with Gasteiger partial charge in [0.05, 0.1) is 19.3 Å². The van der Waals surface area contributed by atoms with Crippen LogP contribution in [0.15, 0.2) is 21.5 Å². The highest BCUT2D eigenvalue weighted by molar-refractivity contribution is 14.0. The molecule has 2 saturated heterocycles. The summed E-state index contributed by atoms with van der Waals surface area (Å²) in [4.78, 5) is 9.35. The van der Waals surface area contributed by atoms with E-state index < -0.39 is 0 Å². The number of likely N-dealkylation sites (tertiary alicyclic amines) is 1. The van der Waals surface area contributed by atoms with Crippen LogP contribution in [0.1, 0.15) is 45.3 Å². The van der Waals surface area contributed by atoms with Crippen molar-refractivity contribution in [1.29, 1.82) is 0 Å². The number of hydrogen-bond donors (Lipinski definition) is 1. The highest BCUT2D eigenvalue weighted by atomic mass is 127. The number of nitrogens with one attached hydrogen (secondary N) is 1. The van der Waals surface area contributed by atoms with Crippen LogP contribution in [0.3, 0.4) is 0 Å². The molecule has 2 aliphatic heterocycles. The number of aliphatic imine (C=N–C) groups is 1. The Morgan fingerprint density at radius 1 is 1.22 bits per heavy atom. The maximum absolute atomic E-state index is 5.96. The minimum atomic E-state index is 0. The molecule has 0 aromatic carbocycles. The number of rotatable bonds is 4. The fraction of sp³-hybridized carbons (Fsp3) is 0.750. The number of hydrogen-bond acceptors (Lipinski definition) is 4. The number of furan rings is 1. The Hall–Kier alpha value is -0.800. The van der Waals surface area contributed by atoms with Crippen LogP contribution in [0, 0.1) is 12.3 Å². The van der Waals surface area contributed by atoms with E-state index in [9.17, 15) is 0 Å². The Bertz CT molecular complexity index is 650. The van der Waals surface area contributed by atoms with E-state index in [1.807, 2.05) is 20.0 Å². The first-order valence-corrected chi connectivity index (χ1v) is 9.63. The third-order valence-electron chi connectivity index (χ3n) is 6.38. The molecule has 3 heterocycles. The summed E-state index contributed by atoms with van der Waals surface area (Å²) in [5.41, 5.74) is 0.372. The molecule has 1 atom stereocenters. The number of guanidine groups is 1. The molecule has 0 aliphatic carbocycles. The molecule has 3 rings (SSSR count). The number of halogens is 1. The molecule has 1 aromatic heterocycles. The second-order valence-electron chi connectivity index (χ2n) is 8.57. The van der Waals surface area contributed by atoms with Gasteiger partial charge < -0.3 is 19.4 Å². The maximum Gasteiger partial charge on any atom is 0.194 e. The van der Waals surface area contributed by atoms with Gasteiger partial charge in [0.2, 0.25) is 0 Å². The molecule has 2 aliphatic rings. The quantitative estimate of drug-likeness (QED) is 0.399. The molecule has 1 aromatic rings. The summed E-state index contributed by atoms with van der Waals surface area (Å²) in [6.07, 6.45) is 0. The first-order valence-electron chi connectivity index (χ1n) is 9.63. The Balaban J connectivity index is 0.00000261. The van der Waals surface area contributed by atoms with Crippen molar-refractivity contribution < 1.29 is 9.15 Å². The third kappa shape index (κ3) is 4.45. The first-order chi connectivity index (χ1) is 12.3. The van der Waals surface area contributed by atoms with Gasteiger partial charge in [0, 0.05) is 44.2 Å². The highest BCUT2D eigenvalue weighted by Crippen LogP contribution is 2.46. The zero-order valence-corrected chi connectivity index (χ0v) is 19.9. The Kier molecular flexibility index (Phi) is 7.24. The van der Waals surface area contributed by atoms with E-state index >= 15 is 0 Å². The topological polar surface area (TPSA) is 53.2 Å². The second kappa shape index (κ2) is 8.69. The van der Waals surface area contributed by atoms with Crippen LogP contribution < -0.4 is 5.32 Å². The fourth-order valence-electron chi connectivity index (χ4n) is 3.81. The summed E-state index contributed by atoms with van der Waals surface area (Å²) >= 11 is 0. The van der Waals surface area contributed by atoms with E-state index in [0.717, 1.165) is 56.9 Å². The summed E-state index contributed by atoms with van der Waals surface area (Å²) in [6, 6.07) is 4.32. The van der Waals surface area contributed by atoms with Crippen LogP contribution in [0.4, 0.5) is 0 Å². The molecule has 0 amide bonds. The minimum absolute atomic E-state index is 0. The molecule has 0 saturated carbocycles. The highest BCUT2D eigenvalue weighted by Gasteiger charge is 2.53. The molecule has 7 heteroatoms. The lowest BCUT2D eigenvalue weighted by atomic mass is 9.65. The predicted molar refractivity (Wildman–Crippen MR) is 120 cm³/mol. The van der Waals surface area contributed by atoms with Crippen molar-refractivity contribution in [2.75, 3.05) is 46.4 Å². The normalized spacial score (nSPS) is 23.3. The van der Waals surface area contributed by atoms with Gasteiger partial charge >= 0.3 is 0 Å². The smallest absolute Gasteiger partial charge is 0.194 e. The van der Waals surface area contributed by atoms with Crippen molar-refractivity contribution >= 4 is 29.9 Å². The van der Waals surface area contributed by atoms with Crippen molar-refractivity contribution in [3.05, 3.63) is 23.7 Å². The van der Waals surface area contributed by atoms with Crippen LogP contribution in [-0.2, 0) is 4.74 Å². The van der Waals surface area contributed by atoms with Crippen molar-refractivity contribution in [2.45, 2.75) is 46.2 Å². The summed E-state index contributed by atoms with van der Waals surface area (Å²) in [7, 11) is 1.87. The van der Waals surface area contributed by atoms with Gasteiger partial charge in [-0.2, -0.15) is 0 Å². The van der Waals surface area contributed by atoms with Gasteiger partial charge in [0.1, 0.15) is 11.5 Å². The zero-order chi connectivity index (χ0) is 18.9. The Labute approximate surface area is 180 Å². The van der Waals surface area contributed by atoms with E-state index in [1.54, 1.807) is 0 Å². The van der Waals surface area contributed by atoms with Gasteiger partial charge in [-0.1, -0.05) is 13.8 Å². The van der Waals surface area contributed by atoms with Gasteiger partial charge in [0.25, 0.3) is 0 Å². The molecule has 2 fully saturated rings. The minimum Gasteiger partial charge on any atom is -0.465 e. The maximum atomic E-state index is 5.96. The van der Waals surface area contributed by atoms with Crippen LogP contribution >= 0.6 is 24.0 Å². The van der Waals surface area contributed by atoms with Gasteiger partial charge in [-0.3, -0.25) is 9.89 Å². The summed E-state index contributed by atoms with van der Waals surface area (Å²) in [6.45, 7) is 16.4. The number of aryl methyl sites for hydroxylation is 1. The van der Waals surface area contributed by atoms with Crippen molar-refractivity contribution in [3.8, 4) is 0 Å². The SMILES string of the molecule is CN=C(NCC(c1ccc(C)o1)N1CCOCC1)N1CC(C)(C)C1(C)C.I. The number of ether oxygens (including phenoxy) is 1. The van der Waals surface area contributed by atoms with Crippen LogP contribution in [-0.4, -0.2) is 67.7 Å². The summed E-state index contributed by atoms with van der Waals surface area (Å²) in [5.74, 6) is 2.93. The molecule has 0 spiro atoms. The number of nitrogens with zero attached hydrogens (tertiary/aromatic N) is 3. The molecule has 1 unspecified atom stereocenters. The Morgan fingerprint density at radius 2 is 1.89 bits per heavy atom. The molecular formula is C20H35IN4O2. The van der Waals surface area contributed by atoms with Crippen molar-refractivity contribution in [1.82, 2.24) is 15.1 Å². The first kappa shape index (κ1) is 22.5. The fourth-order valence-corrected chi connectivity index (χ4v) is 3.81. The summed E-state index contributed by atoms with van der Waals surface area (Å²) < 4.78 is 11.5. The molecule has 0 radical (unpaired) electrons. The van der Waals surface area contributed by atoms with E-state index in [2.05, 4.69) is 53.9 Å². The van der Waals surface area contributed by atoms with E-state index in [0.29, 0.717) is 0 Å². The van der Waals surface area contributed by atoms with E-state index in [4.69, 9.17) is 9.15 Å². The second-order valence-corrected chi connectivity index (χ2v) is 8.57. The Morgan fingerprint density at radius 3 is 2.37 bits per heavy atom. The summed E-state index contributed by atoms with van der Waals surface area (Å²) in [5, 5.41) is 3.60.